The number of aryl methyl sites for hydroxylation is 1. The van der Waals surface area contributed by atoms with Crippen molar-refractivity contribution in [1.29, 1.82) is 0 Å². The summed E-state index contributed by atoms with van der Waals surface area (Å²) in [6.07, 6.45) is 6.37. The molecular formula is C20H22FN3O3. The average molecular weight is 371 g/mol. The average Bonchev–Trinajstić information content (AvgIpc) is 2.61. The summed E-state index contributed by atoms with van der Waals surface area (Å²) in [6.45, 7) is 2.28. The van der Waals surface area contributed by atoms with Crippen molar-refractivity contribution < 1.29 is 18.7 Å². The highest BCUT2D eigenvalue weighted by Crippen LogP contribution is 2.29. The lowest BCUT2D eigenvalue weighted by Gasteiger charge is -2.15. The van der Waals surface area contributed by atoms with E-state index in [1.807, 2.05) is 0 Å². The number of benzene rings is 1. The normalized spacial score (nSPS) is 10.3. The van der Waals surface area contributed by atoms with Crippen molar-refractivity contribution in [2.45, 2.75) is 26.4 Å². The SMILES string of the molecule is C#CCCCOc1cccc(Nc2nc(COC)cc(C)c2C(N)=O)c1F. The maximum atomic E-state index is 14.8. The summed E-state index contributed by atoms with van der Waals surface area (Å²) in [7, 11) is 1.53. The van der Waals surface area contributed by atoms with Crippen LogP contribution in [0, 0.1) is 25.1 Å². The van der Waals surface area contributed by atoms with Gasteiger partial charge in [-0.1, -0.05) is 6.07 Å². The maximum absolute atomic E-state index is 14.8. The molecule has 142 valence electrons. The first-order valence-corrected chi connectivity index (χ1v) is 8.39. The molecule has 0 saturated heterocycles. The van der Waals surface area contributed by atoms with Gasteiger partial charge in [0.05, 0.1) is 30.2 Å². The first kappa shape index (κ1) is 20.2. The van der Waals surface area contributed by atoms with E-state index in [9.17, 15) is 9.18 Å². The van der Waals surface area contributed by atoms with Crippen LogP contribution in [0.5, 0.6) is 5.75 Å². The fourth-order valence-electron chi connectivity index (χ4n) is 2.57. The summed E-state index contributed by atoms with van der Waals surface area (Å²) in [5.74, 6) is 1.50. The second-order valence-electron chi connectivity index (χ2n) is 5.85. The zero-order valence-electron chi connectivity index (χ0n) is 15.3. The highest BCUT2D eigenvalue weighted by Gasteiger charge is 2.18. The van der Waals surface area contributed by atoms with Gasteiger partial charge in [0.1, 0.15) is 5.82 Å². The topological polar surface area (TPSA) is 86.5 Å². The number of anilines is 2. The van der Waals surface area contributed by atoms with E-state index in [4.69, 9.17) is 21.6 Å². The van der Waals surface area contributed by atoms with Crippen LogP contribution in [0.4, 0.5) is 15.9 Å². The molecule has 1 amide bonds. The lowest BCUT2D eigenvalue weighted by molar-refractivity contribution is 0.1000. The van der Waals surface area contributed by atoms with Gasteiger partial charge in [-0.3, -0.25) is 4.79 Å². The molecule has 0 saturated carbocycles. The number of methoxy groups -OCH3 is 1. The summed E-state index contributed by atoms with van der Waals surface area (Å²) in [4.78, 5) is 16.2. The minimum atomic E-state index is -0.659. The van der Waals surface area contributed by atoms with Gasteiger partial charge in [-0.05, 0) is 37.1 Å². The number of aromatic nitrogens is 1. The van der Waals surface area contributed by atoms with E-state index < -0.39 is 11.7 Å². The highest BCUT2D eigenvalue weighted by molar-refractivity contribution is 5.99. The Bertz CT molecular complexity index is 862. The standard InChI is InChI=1S/C20H22FN3O3/c1-4-5-6-10-27-16-9-7-8-15(18(16)21)24-20-17(19(22)25)13(2)11-14(23-20)12-26-3/h1,7-9,11H,5-6,10,12H2,2-3H3,(H2,22,25)(H,23,24). The van der Waals surface area contributed by atoms with Crippen molar-refractivity contribution in [1.82, 2.24) is 4.98 Å². The summed E-state index contributed by atoms with van der Waals surface area (Å²) in [5.41, 5.74) is 6.99. The van der Waals surface area contributed by atoms with Gasteiger partial charge in [0, 0.05) is 13.5 Å². The van der Waals surface area contributed by atoms with Crippen LogP contribution in [0.25, 0.3) is 0 Å². The fourth-order valence-corrected chi connectivity index (χ4v) is 2.57. The number of hydrogen-bond acceptors (Lipinski definition) is 5. The molecule has 0 unspecified atom stereocenters. The zero-order chi connectivity index (χ0) is 19.8. The van der Waals surface area contributed by atoms with E-state index in [2.05, 4.69) is 16.2 Å². The van der Waals surface area contributed by atoms with Gasteiger partial charge >= 0.3 is 0 Å². The molecule has 1 aromatic carbocycles. The van der Waals surface area contributed by atoms with Gasteiger partial charge in [0.15, 0.2) is 11.6 Å². The van der Waals surface area contributed by atoms with Gasteiger partial charge < -0.3 is 20.5 Å². The van der Waals surface area contributed by atoms with Gasteiger partial charge in [-0.15, -0.1) is 12.3 Å². The fraction of sp³-hybridized carbons (Fsp3) is 0.300. The van der Waals surface area contributed by atoms with Crippen LogP contribution in [-0.2, 0) is 11.3 Å². The molecule has 6 nitrogen and oxygen atoms in total. The third-order valence-electron chi connectivity index (χ3n) is 3.75. The molecule has 7 heteroatoms. The minimum Gasteiger partial charge on any atom is -0.490 e. The van der Waals surface area contributed by atoms with Gasteiger partial charge in [-0.25, -0.2) is 9.37 Å². The number of pyridine rings is 1. The summed E-state index contributed by atoms with van der Waals surface area (Å²) in [5, 5.41) is 2.85. The van der Waals surface area contributed by atoms with Crippen LogP contribution >= 0.6 is 0 Å². The first-order chi connectivity index (χ1) is 13.0. The second kappa shape index (κ2) is 9.55. The molecular weight excluding hydrogens is 349 g/mol. The van der Waals surface area contributed by atoms with E-state index in [-0.39, 0.29) is 29.4 Å². The van der Waals surface area contributed by atoms with Crippen molar-refractivity contribution in [3.05, 3.63) is 46.9 Å². The van der Waals surface area contributed by atoms with Gasteiger partial charge in [0.2, 0.25) is 0 Å². The largest absolute Gasteiger partial charge is 0.490 e. The lowest BCUT2D eigenvalue weighted by Crippen LogP contribution is -2.17. The molecule has 0 aliphatic heterocycles. The van der Waals surface area contributed by atoms with Crippen molar-refractivity contribution in [3.8, 4) is 18.1 Å². The number of carbonyl (C=O) groups is 1. The number of hydrogen-bond donors (Lipinski definition) is 2. The zero-order valence-corrected chi connectivity index (χ0v) is 15.3. The summed E-state index contributed by atoms with van der Waals surface area (Å²) >= 11 is 0. The number of halogens is 1. The lowest BCUT2D eigenvalue weighted by atomic mass is 10.1. The number of primary amides is 1. The number of nitrogens with zero attached hydrogens (tertiary/aromatic N) is 1. The van der Waals surface area contributed by atoms with E-state index in [1.54, 1.807) is 19.1 Å². The molecule has 2 rings (SSSR count). The van der Waals surface area contributed by atoms with Gasteiger partial charge in [-0.2, -0.15) is 0 Å². The predicted octanol–water partition coefficient (Wildman–Crippen LogP) is 3.31. The monoisotopic (exact) mass is 371 g/mol. The number of carbonyl (C=O) groups excluding carboxylic acids is 1. The Balaban J connectivity index is 2.33. The van der Waals surface area contributed by atoms with Crippen LogP contribution in [0.3, 0.4) is 0 Å². The number of nitrogens with one attached hydrogen (secondary N) is 1. The first-order valence-electron chi connectivity index (χ1n) is 8.39. The number of amides is 1. The molecule has 0 spiro atoms. The predicted molar refractivity (Wildman–Crippen MR) is 101 cm³/mol. The quantitative estimate of drug-likeness (QED) is 0.522. The number of nitrogens with two attached hydrogens (primary N) is 1. The smallest absolute Gasteiger partial charge is 0.252 e. The van der Waals surface area contributed by atoms with E-state index in [1.165, 1.54) is 19.2 Å². The molecule has 3 N–H and O–H groups in total. The van der Waals surface area contributed by atoms with E-state index >= 15 is 0 Å². The van der Waals surface area contributed by atoms with Crippen LogP contribution in [-0.4, -0.2) is 24.6 Å². The van der Waals surface area contributed by atoms with Crippen LogP contribution in [0.1, 0.15) is 34.5 Å². The highest BCUT2D eigenvalue weighted by atomic mass is 19.1. The van der Waals surface area contributed by atoms with Gasteiger partial charge in [0.25, 0.3) is 5.91 Å². The molecule has 1 aromatic heterocycles. The molecule has 0 aliphatic carbocycles. The minimum absolute atomic E-state index is 0.0856. The van der Waals surface area contributed by atoms with E-state index in [0.29, 0.717) is 30.7 Å². The van der Waals surface area contributed by atoms with Crippen molar-refractivity contribution in [2.24, 2.45) is 5.73 Å². The number of ether oxygens (including phenoxy) is 2. The Morgan fingerprint density at radius 3 is 2.89 bits per heavy atom. The van der Waals surface area contributed by atoms with Crippen molar-refractivity contribution >= 4 is 17.4 Å². The number of rotatable bonds is 9. The molecule has 0 aliphatic rings. The Hall–Kier alpha value is -3.11. The molecule has 0 bridgehead atoms. The molecule has 0 radical (unpaired) electrons. The summed E-state index contributed by atoms with van der Waals surface area (Å²) < 4.78 is 25.3. The maximum Gasteiger partial charge on any atom is 0.252 e. The van der Waals surface area contributed by atoms with E-state index in [0.717, 1.165) is 0 Å². The number of unbranched alkanes of at least 4 members (excludes halogenated alkanes) is 1. The molecule has 1 heterocycles. The van der Waals surface area contributed by atoms with Crippen LogP contribution < -0.4 is 15.8 Å². The molecule has 2 aromatic rings. The van der Waals surface area contributed by atoms with Crippen LogP contribution in [0.15, 0.2) is 24.3 Å². The Morgan fingerprint density at radius 1 is 1.44 bits per heavy atom. The van der Waals surface area contributed by atoms with Crippen molar-refractivity contribution in [2.75, 3.05) is 19.0 Å². The van der Waals surface area contributed by atoms with Crippen molar-refractivity contribution in [3.63, 3.8) is 0 Å². The second-order valence-corrected chi connectivity index (χ2v) is 5.85. The molecule has 0 atom stereocenters. The Kier molecular flexibility index (Phi) is 7.15. The number of terminal acetylenes is 1. The summed E-state index contributed by atoms with van der Waals surface area (Å²) in [6, 6.07) is 6.38. The third kappa shape index (κ3) is 5.19. The third-order valence-corrected chi connectivity index (χ3v) is 3.75. The molecule has 0 fully saturated rings. The van der Waals surface area contributed by atoms with Crippen LogP contribution in [0.2, 0.25) is 0 Å². The molecule has 27 heavy (non-hydrogen) atoms. The Morgan fingerprint density at radius 2 is 2.22 bits per heavy atom. The Labute approximate surface area is 157 Å².